The molecule has 4 heteroatoms. The van der Waals surface area contributed by atoms with E-state index in [1.54, 1.807) is 16.9 Å². The van der Waals surface area contributed by atoms with Crippen molar-refractivity contribution in [1.29, 1.82) is 5.26 Å². The quantitative estimate of drug-likeness (QED) is 0.707. The van der Waals surface area contributed by atoms with Crippen molar-refractivity contribution < 1.29 is 0 Å². The molecule has 15 heavy (non-hydrogen) atoms. The predicted molar refractivity (Wildman–Crippen MR) is 57.8 cm³/mol. The Hall–Kier alpha value is -2.28. The van der Waals surface area contributed by atoms with Crippen LogP contribution in [0.25, 0.3) is 11.1 Å². The monoisotopic (exact) mass is 198 g/mol. The van der Waals surface area contributed by atoms with E-state index in [1.165, 1.54) is 0 Å². The van der Waals surface area contributed by atoms with Crippen LogP contribution in [-0.4, -0.2) is 9.78 Å². The van der Waals surface area contributed by atoms with Crippen molar-refractivity contribution in [3.8, 4) is 17.2 Å². The molecule has 0 spiro atoms. The summed E-state index contributed by atoms with van der Waals surface area (Å²) < 4.78 is 1.70. The first-order valence-corrected chi connectivity index (χ1v) is 4.50. The van der Waals surface area contributed by atoms with Gasteiger partial charge in [0, 0.05) is 24.4 Å². The minimum Gasteiger partial charge on any atom is -0.397 e. The second-order valence-electron chi connectivity index (χ2n) is 3.28. The van der Waals surface area contributed by atoms with Gasteiger partial charge in [-0.3, -0.25) is 4.68 Å². The number of nitrogens with zero attached hydrogens (tertiary/aromatic N) is 3. The summed E-state index contributed by atoms with van der Waals surface area (Å²) in [5.74, 6) is 0. The zero-order valence-corrected chi connectivity index (χ0v) is 8.31. The van der Waals surface area contributed by atoms with Crippen LogP contribution in [0.3, 0.4) is 0 Å². The van der Waals surface area contributed by atoms with Gasteiger partial charge in [0.25, 0.3) is 0 Å². The standard InChI is InChI=1S/C11H10N4/c1-15-7-9(6-14-15)10-4-2-3-8(5-12)11(10)13/h2-4,6-7H,13H2,1H3. The molecule has 0 radical (unpaired) electrons. The van der Waals surface area contributed by atoms with Crippen molar-refractivity contribution in [2.45, 2.75) is 0 Å². The Bertz CT molecular complexity index is 534. The Morgan fingerprint density at radius 3 is 2.87 bits per heavy atom. The van der Waals surface area contributed by atoms with E-state index in [0.29, 0.717) is 11.3 Å². The van der Waals surface area contributed by atoms with Gasteiger partial charge in [-0.2, -0.15) is 10.4 Å². The van der Waals surface area contributed by atoms with Crippen molar-refractivity contribution in [3.05, 3.63) is 36.2 Å². The van der Waals surface area contributed by atoms with Crippen molar-refractivity contribution in [2.24, 2.45) is 7.05 Å². The highest BCUT2D eigenvalue weighted by molar-refractivity contribution is 5.79. The molecule has 0 bridgehead atoms. The molecule has 1 aromatic carbocycles. The lowest BCUT2D eigenvalue weighted by molar-refractivity contribution is 0.768. The fourth-order valence-electron chi connectivity index (χ4n) is 1.47. The molecule has 4 nitrogen and oxygen atoms in total. The largest absolute Gasteiger partial charge is 0.397 e. The molecule has 0 aliphatic carbocycles. The zero-order valence-electron chi connectivity index (χ0n) is 8.31. The summed E-state index contributed by atoms with van der Waals surface area (Å²) >= 11 is 0. The van der Waals surface area contributed by atoms with E-state index in [2.05, 4.69) is 11.2 Å². The maximum Gasteiger partial charge on any atom is 0.101 e. The summed E-state index contributed by atoms with van der Waals surface area (Å²) in [5.41, 5.74) is 8.65. The van der Waals surface area contributed by atoms with Gasteiger partial charge in [-0.25, -0.2) is 0 Å². The Balaban J connectivity index is 2.59. The number of nitriles is 1. The minimum atomic E-state index is 0.497. The number of aryl methyl sites for hydroxylation is 1. The van der Waals surface area contributed by atoms with Crippen LogP contribution in [0, 0.1) is 11.3 Å². The zero-order chi connectivity index (χ0) is 10.8. The highest BCUT2D eigenvalue weighted by Gasteiger charge is 2.07. The number of benzene rings is 1. The normalized spacial score (nSPS) is 9.87. The molecule has 74 valence electrons. The van der Waals surface area contributed by atoms with Crippen LogP contribution in [0.1, 0.15) is 5.56 Å². The topological polar surface area (TPSA) is 67.6 Å². The van der Waals surface area contributed by atoms with Crippen LogP contribution in [0.2, 0.25) is 0 Å². The van der Waals surface area contributed by atoms with Crippen LogP contribution < -0.4 is 5.73 Å². The highest BCUT2D eigenvalue weighted by Crippen LogP contribution is 2.27. The Labute approximate surface area is 87.6 Å². The van der Waals surface area contributed by atoms with Gasteiger partial charge in [0.1, 0.15) is 6.07 Å². The lowest BCUT2D eigenvalue weighted by Crippen LogP contribution is -1.93. The molecule has 0 atom stereocenters. The first kappa shape index (κ1) is 9.28. The van der Waals surface area contributed by atoms with Crippen molar-refractivity contribution in [3.63, 3.8) is 0 Å². The lowest BCUT2D eigenvalue weighted by atomic mass is 10.0. The Morgan fingerprint density at radius 2 is 2.27 bits per heavy atom. The summed E-state index contributed by atoms with van der Waals surface area (Å²) in [7, 11) is 1.84. The number of aromatic nitrogens is 2. The predicted octanol–water partition coefficient (Wildman–Crippen LogP) is 1.54. The van der Waals surface area contributed by atoms with Gasteiger partial charge < -0.3 is 5.73 Å². The third kappa shape index (κ3) is 1.55. The van der Waals surface area contributed by atoms with E-state index in [1.807, 2.05) is 25.4 Å². The van der Waals surface area contributed by atoms with E-state index >= 15 is 0 Å². The molecule has 0 aliphatic rings. The molecule has 0 amide bonds. The van der Waals surface area contributed by atoms with E-state index in [9.17, 15) is 0 Å². The third-order valence-corrected chi connectivity index (χ3v) is 2.24. The summed E-state index contributed by atoms with van der Waals surface area (Å²) in [6.45, 7) is 0. The van der Waals surface area contributed by atoms with Crippen molar-refractivity contribution >= 4 is 5.69 Å². The number of hydrogen-bond donors (Lipinski definition) is 1. The molecule has 0 fully saturated rings. The molecule has 1 aromatic heterocycles. The molecular formula is C11H10N4. The van der Waals surface area contributed by atoms with Crippen LogP contribution in [-0.2, 0) is 7.05 Å². The number of para-hydroxylation sites is 1. The molecule has 0 saturated carbocycles. The molecule has 2 rings (SSSR count). The fourth-order valence-corrected chi connectivity index (χ4v) is 1.47. The smallest absolute Gasteiger partial charge is 0.101 e. The number of hydrogen-bond acceptors (Lipinski definition) is 3. The van der Waals surface area contributed by atoms with E-state index in [0.717, 1.165) is 11.1 Å². The van der Waals surface area contributed by atoms with E-state index < -0.39 is 0 Å². The molecule has 2 aromatic rings. The fraction of sp³-hybridized carbons (Fsp3) is 0.0909. The molecule has 0 unspecified atom stereocenters. The number of anilines is 1. The van der Waals surface area contributed by atoms with Crippen LogP contribution in [0.15, 0.2) is 30.6 Å². The molecule has 0 saturated heterocycles. The average Bonchev–Trinajstić information content (AvgIpc) is 2.65. The molecule has 1 heterocycles. The summed E-state index contributed by atoms with van der Waals surface area (Å²) in [6, 6.07) is 7.46. The summed E-state index contributed by atoms with van der Waals surface area (Å²) in [4.78, 5) is 0. The molecular weight excluding hydrogens is 188 g/mol. The second kappa shape index (κ2) is 3.46. The van der Waals surface area contributed by atoms with Crippen LogP contribution in [0.5, 0.6) is 0 Å². The van der Waals surface area contributed by atoms with Crippen LogP contribution in [0.4, 0.5) is 5.69 Å². The first-order valence-electron chi connectivity index (χ1n) is 4.50. The molecule has 0 aliphatic heterocycles. The lowest BCUT2D eigenvalue weighted by Gasteiger charge is -2.03. The van der Waals surface area contributed by atoms with E-state index in [-0.39, 0.29) is 0 Å². The number of nitrogens with two attached hydrogens (primary N) is 1. The van der Waals surface area contributed by atoms with Gasteiger partial charge in [-0.15, -0.1) is 0 Å². The first-order chi connectivity index (χ1) is 7.22. The maximum atomic E-state index is 8.84. The van der Waals surface area contributed by atoms with Gasteiger partial charge in [-0.05, 0) is 6.07 Å². The van der Waals surface area contributed by atoms with Gasteiger partial charge >= 0.3 is 0 Å². The van der Waals surface area contributed by atoms with Gasteiger partial charge in [0.15, 0.2) is 0 Å². The Morgan fingerprint density at radius 1 is 1.47 bits per heavy atom. The summed E-state index contributed by atoms with van der Waals surface area (Å²) in [6.07, 6.45) is 3.60. The highest BCUT2D eigenvalue weighted by atomic mass is 15.2. The number of nitrogen functional groups attached to an aromatic ring is 1. The number of rotatable bonds is 1. The summed E-state index contributed by atoms with van der Waals surface area (Å²) in [5, 5.41) is 12.9. The average molecular weight is 198 g/mol. The van der Waals surface area contributed by atoms with Gasteiger partial charge in [0.05, 0.1) is 17.4 Å². The molecule has 2 N–H and O–H groups in total. The second-order valence-corrected chi connectivity index (χ2v) is 3.28. The Kier molecular flexibility index (Phi) is 2.14. The maximum absolute atomic E-state index is 8.84. The van der Waals surface area contributed by atoms with Crippen molar-refractivity contribution in [2.75, 3.05) is 5.73 Å². The van der Waals surface area contributed by atoms with Crippen LogP contribution >= 0.6 is 0 Å². The SMILES string of the molecule is Cn1cc(-c2cccc(C#N)c2N)cn1. The van der Waals surface area contributed by atoms with Gasteiger partial charge in [-0.1, -0.05) is 12.1 Å². The minimum absolute atomic E-state index is 0.497. The third-order valence-electron chi connectivity index (χ3n) is 2.24. The van der Waals surface area contributed by atoms with Gasteiger partial charge in [0.2, 0.25) is 0 Å². The van der Waals surface area contributed by atoms with E-state index in [4.69, 9.17) is 11.0 Å². The van der Waals surface area contributed by atoms with Crippen molar-refractivity contribution in [1.82, 2.24) is 9.78 Å².